The second-order valence-electron chi connectivity index (χ2n) is 8.56. The Morgan fingerprint density at radius 1 is 1.14 bits per heavy atom. The van der Waals surface area contributed by atoms with Gasteiger partial charge in [0.05, 0.1) is 29.6 Å². The molecule has 3 aromatic rings. The number of benzene rings is 2. The van der Waals surface area contributed by atoms with E-state index in [4.69, 9.17) is 4.74 Å². The standard InChI is InChI=1S/C24H20F3N5O4/c25-16-3-6-19-18(10-16)24(26,27)32(19)17-4-1-14(2-5-17)11-28-22(35)23(7-8-36-13-23)30-21(34)15-9-20(33)31-29-12-15/h1-6,9-10,12H,7-8,11,13H2,(H,28,35)(H,30,34)(H,31,33)/t23-/m0/s1. The minimum Gasteiger partial charge on any atom is -0.378 e. The number of H-pyrrole nitrogens is 1. The summed E-state index contributed by atoms with van der Waals surface area (Å²) in [5.74, 6) is -1.86. The molecule has 2 aliphatic rings. The summed E-state index contributed by atoms with van der Waals surface area (Å²) in [4.78, 5) is 37.9. The van der Waals surface area contributed by atoms with Crippen LogP contribution in [0.15, 0.2) is 59.5 Å². The summed E-state index contributed by atoms with van der Waals surface area (Å²) in [5, 5.41) is 11.1. The lowest BCUT2D eigenvalue weighted by Gasteiger charge is -2.43. The number of rotatable bonds is 6. The molecule has 2 amide bonds. The third-order valence-corrected chi connectivity index (χ3v) is 6.19. The second-order valence-corrected chi connectivity index (χ2v) is 8.56. The fraction of sp³-hybridized carbons (Fsp3) is 0.250. The van der Waals surface area contributed by atoms with Gasteiger partial charge in [0.15, 0.2) is 0 Å². The Labute approximate surface area is 202 Å². The lowest BCUT2D eigenvalue weighted by atomic mass is 9.96. The first kappa shape index (κ1) is 23.5. The molecule has 186 valence electrons. The molecule has 36 heavy (non-hydrogen) atoms. The molecule has 9 nitrogen and oxygen atoms in total. The maximum atomic E-state index is 14.5. The van der Waals surface area contributed by atoms with Gasteiger partial charge in [-0.15, -0.1) is 0 Å². The van der Waals surface area contributed by atoms with Crippen LogP contribution in [0.1, 0.15) is 27.9 Å². The summed E-state index contributed by atoms with van der Waals surface area (Å²) in [6.45, 7) is 0.275. The first-order valence-electron chi connectivity index (χ1n) is 11.0. The highest BCUT2D eigenvalue weighted by Crippen LogP contribution is 2.54. The van der Waals surface area contributed by atoms with E-state index in [1.165, 1.54) is 24.4 Å². The third kappa shape index (κ3) is 4.09. The highest BCUT2D eigenvalue weighted by molar-refractivity contribution is 5.99. The summed E-state index contributed by atoms with van der Waals surface area (Å²) in [6.07, 6.45) is 1.40. The van der Waals surface area contributed by atoms with E-state index < -0.39 is 34.8 Å². The maximum absolute atomic E-state index is 14.5. The van der Waals surface area contributed by atoms with Crippen LogP contribution in [-0.2, 0) is 22.1 Å². The SMILES string of the molecule is O=C(N[C@@]1(C(=O)NCc2ccc(N3c4ccc(F)cc4C3(F)F)cc2)CCOC1)c1cn[nH]c(=O)c1. The quantitative estimate of drug-likeness (QED) is 0.449. The van der Waals surface area contributed by atoms with E-state index >= 15 is 0 Å². The summed E-state index contributed by atoms with van der Waals surface area (Å²) in [6, 6.07) is 7.13. The molecule has 12 heteroatoms. The fourth-order valence-corrected chi connectivity index (χ4v) is 4.27. The van der Waals surface area contributed by atoms with Crippen molar-refractivity contribution >= 4 is 23.2 Å². The van der Waals surface area contributed by atoms with Crippen LogP contribution in [0, 0.1) is 5.82 Å². The van der Waals surface area contributed by atoms with Crippen LogP contribution >= 0.6 is 0 Å². The van der Waals surface area contributed by atoms with Crippen LogP contribution in [0.25, 0.3) is 0 Å². The monoisotopic (exact) mass is 499 g/mol. The Balaban J connectivity index is 1.26. The third-order valence-electron chi connectivity index (χ3n) is 6.19. The number of nitrogens with one attached hydrogen (secondary N) is 3. The van der Waals surface area contributed by atoms with Crippen molar-refractivity contribution in [2.75, 3.05) is 18.1 Å². The zero-order chi connectivity index (χ0) is 25.5. The molecule has 1 aromatic heterocycles. The van der Waals surface area contributed by atoms with Crippen LogP contribution in [0.3, 0.4) is 0 Å². The minimum absolute atomic E-state index is 0.000483. The molecule has 1 fully saturated rings. The number of aromatic nitrogens is 2. The van der Waals surface area contributed by atoms with E-state index in [0.29, 0.717) is 5.56 Å². The molecule has 5 rings (SSSR count). The lowest BCUT2D eigenvalue weighted by molar-refractivity contribution is -0.127. The number of aromatic amines is 1. The number of carbonyl (C=O) groups excluding carboxylic acids is 2. The summed E-state index contributed by atoms with van der Waals surface area (Å²) in [5.41, 5.74) is -1.20. The van der Waals surface area contributed by atoms with Crippen molar-refractivity contribution < 1.29 is 27.5 Å². The van der Waals surface area contributed by atoms with Gasteiger partial charge in [0.2, 0.25) is 5.91 Å². The van der Waals surface area contributed by atoms with Crippen molar-refractivity contribution in [3.8, 4) is 0 Å². The smallest absolute Gasteiger partial charge is 0.359 e. The lowest BCUT2D eigenvalue weighted by Crippen LogP contribution is -2.59. The average Bonchev–Trinajstić information content (AvgIpc) is 3.34. The Morgan fingerprint density at radius 3 is 2.61 bits per heavy atom. The zero-order valence-electron chi connectivity index (χ0n) is 18.7. The van der Waals surface area contributed by atoms with Gasteiger partial charge in [-0.25, -0.2) is 9.49 Å². The van der Waals surface area contributed by atoms with Gasteiger partial charge in [0, 0.05) is 31.3 Å². The van der Waals surface area contributed by atoms with Gasteiger partial charge in [0.1, 0.15) is 11.4 Å². The van der Waals surface area contributed by atoms with Crippen LogP contribution in [0.2, 0.25) is 0 Å². The van der Waals surface area contributed by atoms with Gasteiger partial charge in [-0.05, 0) is 35.9 Å². The molecular formula is C24H20F3N5O4. The van der Waals surface area contributed by atoms with Crippen LogP contribution in [0.5, 0.6) is 0 Å². The van der Waals surface area contributed by atoms with Crippen LogP contribution in [0.4, 0.5) is 24.5 Å². The second kappa shape index (κ2) is 8.79. The minimum atomic E-state index is -3.33. The fourth-order valence-electron chi connectivity index (χ4n) is 4.27. The highest BCUT2D eigenvalue weighted by atomic mass is 19.3. The number of hydrogen-bond donors (Lipinski definition) is 3. The van der Waals surface area contributed by atoms with E-state index in [-0.39, 0.29) is 48.7 Å². The number of carbonyl (C=O) groups is 2. The largest absolute Gasteiger partial charge is 0.378 e. The van der Waals surface area contributed by atoms with Gasteiger partial charge < -0.3 is 15.4 Å². The molecule has 1 saturated heterocycles. The number of halogens is 3. The molecule has 0 aliphatic carbocycles. The molecule has 1 atom stereocenters. The molecule has 0 radical (unpaired) electrons. The van der Waals surface area contributed by atoms with Gasteiger partial charge in [-0.2, -0.15) is 13.9 Å². The molecular weight excluding hydrogens is 479 g/mol. The Kier molecular flexibility index (Phi) is 5.75. The zero-order valence-corrected chi connectivity index (χ0v) is 18.7. The number of nitrogens with zero attached hydrogens (tertiary/aromatic N) is 2. The van der Waals surface area contributed by atoms with Crippen molar-refractivity contribution in [1.29, 1.82) is 0 Å². The number of hydrogen-bond acceptors (Lipinski definition) is 6. The number of ether oxygens (including phenoxy) is 1. The Hall–Kier alpha value is -4.19. The average molecular weight is 499 g/mol. The summed E-state index contributed by atoms with van der Waals surface area (Å²) in [7, 11) is 0. The molecule has 0 unspecified atom stereocenters. The van der Waals surface area contributed by atoms with Crippen molar-refractivity contribution in [3.05, 3.63) is 87.6 Å². The Bertz CT molecular complexity index is 1390. The molecule has 0 saturated carbocycles. The van der Waals surface area contributed by atoms with Gasteiger partial charge in [-0.1, -0.05) is 12.1 Å². The topological polar surface area (TPSA) is 116 Å². The van der Waals surface area contributed by atoms with Gasteiger partial charge in [-0.3, -0.25) is 19.3 Å². The van der Waals surface area contributed by atoms with E-state index in [2.05, 4.69) is 20.8 Å². The number of anilines is 2. The Morgan fingerprint density at radius 2 is 1.92 bits per heavy atom. The van der Waals surface area contributed by atoms with Crippen LogP contribution < -0.4 is 21.1 Å². The summed E-state index contributed by atoms with van der Waals surface area (Å²) >= 11 is 0. The predicted molar refractivity (Wildman–Crippen MR) is 121 cm³/mol. The van der Waals surface area contributed by atoms with E-state index in [0.717, 1.165) is 23.1 Å². The number of amides is 2. The first-order valence-corrected chi connectivity index (χ1v) is 11.0. The number of fused-ring (bicyclic) bond motifs is 1. The predicted octanol–water partition coefficient (Wildman–Crippen LogP) is 2.32. The van der Waals surface area contributed by atoms with Crippen molar-refractivity contribution in [2.24, 2.45) is 0 Å². The van der Waals surface area contributed by atoms with Crippen molar-refractivity contribution in [2.45, 2.75) is 24.6 Å². The first-order chi connectivity index (χ1) is 17.2. The van der Waals surface area contributed by atoms with E-state index in [1.54, 1.807) is 12.1 Å². The molecule has 0 bridgehead atoms. The van der Waals surface area contributed by atoms with Gasteiger partial charge in [0.25, 0.3) is 11.5 Å². The molecule has 2 aliphatic heterocycles. The molecule has 3 heterocycles. The normalized spacial score (nSPS) is 19.8. The highest BCUT2D eigenvalue weighted by Gasteiger charge is 2.52. The van der Waals surface area contributed by atoms with Crippen LogP contribution in [-0.4, -0.2) is 40.8 Å². The molecule has 2 aromatic carbocycles. The van der Waals surface area contributed by atoms with E-state index in [1.807, 2.05) is 0 Å². The molecule has 3 N–H and O–H groups in total. The number of alkyl halides is 2. The molecule has 0 spiro atoms. The van der Waals surface area contributed by atoms with Crippen molar-refractivity contribution in [3.63, 3.8) is 0 Å². The van der Waals surface area contributed by atoms with E-state index in [9.17, 15) is 27.6 Å². The summed E-state index contributed by atoms with van der Waals surface area (Å²) < 4.78 is 47.7. The van der Waals surface area contributed by atoms with Crippen molar-refractivity contribution in [1.82, 2.24) is 20.8 Å². The van der Waals surface area contributed by atoms with Gasteiger partial charge >= 0.3 is 6.05 Å². The maximum Gasteiger partial charge on any atom is 0.359 e.